The van der Waals surface area contributed by atoms with E-state index in [0.29, 0.717) is 23.8 Å². The summed E-state index contributed by atoms with van der Waals surface area (Å²) in [7, 11) is 0. The number of imidazole rings is 1. The maximum Gasteiger partial charge on any atom is 0.155 e. The Bertz CT molecular complexity index is 463. The molecule has 0 aliphatic rings. The van der Waals surface area contributed by atoms with Crippen LogP contribution in [-0.4, -0.2) is 15.9 Å². The molecule has 0 atom stereocenters. The smallest absolute Gasteiger partial charge is 0.155 e. The average molecular weight is 211 g/mol. The van der Waals surface area contributed by atoms with E-state index in [0.717, 1.165) is 11.3 Å². The number of halogens is 1. The van der Waals surface area contributed by atoms with Crippen LogP contribution in [0.4, 0.5) is 5.69 Å². The van der Waals surface area contributed by atoms with Crippen LogP contribution in [0.5, 0.6) is 0 Å². The van der Waals surface area contributed by atoms with Crippen molar-refractivity contribution in [3.8, 4) is 0 Å². The van der Waals surface area contributed by atoms with Crippen LogP contribution < -0.4 is 11.5 Å². The minimum Gasteiger partial charge on any atom is -0.398 e. The Hall–Kier alpha value is -1.26. The molecule has 4 nitrogen and oxygen atoms in total. The molecule has 2 aromatic rings. The van der Waals surface area contributed by atoms with E-state index in [9.17, 15) is 0 Å². The van der Waals surface area contributed by atoms with Gasteiger partial charge in [0.2, 0.25) is 0 Å². The maximum absolute atomic E-state index is 5.95. The van der Waals surface area contributed by atoms with E-state index in [1.54, 1.807) is 12.3 Å². The van der Waals surface area contributed by atoms with Crippen LogP contribution in [0.15, 0.2) is 18.3 Å². The molecule has 0 radical (unpaired) electrons. The van der Waals surface area contributed by atoms with Gasteiger partial charge in [0.25, 0.3) is 0 Å². The molecule has 2 heterocycles. The molecule has 0 fully saturated rings. The van der Waals surface area contributed by atoms with Crippen molar-refractivity contribution in [2.75, 3.05) is 12.3 Å². The fraction of sp³-hybridized carbons (Fsp3) is 0.222. The van der Waals surface area contributed by atoms with Crippen molar-refractivity contribution in [3.63, 3.8) is 0 Å². The molecule has 0 spiro atoms. The van der Waals surface area contributed by atoms with Crippen molar-refractivity contribution in [3.05, 3.63) is 29.3 Å². The lowest BCUT2D eigenvalue weighted by Gasteiger charge is -2.00. The number of aromatic nitrogens is 2. The van der Waals surface area contributed by atoms with Gasteiger partial charge in [-0.2, -0.15) is 0 Å². The summed E-state index contributed by atoms with van der Waals surface area (Å²) < 4.78 is 1.88. The lowest BCUT2D eigenvalue weighted by Crippen LogP contribution is -2.06. The van der Waals surface area contributed by atoms with E-state index in [4.69, 9.17) is 23.1 Å². The monoisotopic (exact) mass is 210 g/mol. The second-order valence-corrected chi connectivity index (χ2v) is 3.43. The summed E-state index contributed by atoms with van der Waals surface area (Å²) in [4.78, 5) is 4.21. The largest absolute Gasteiger partial charge is 0.398 e. The topological polar surface area (TPSA) is 69.3 Å². The van der Waals surface area contributed by atoms with Gasteiger partial charge in [0.05, 0.1) is 5.52 Å². The number of rotatable bonds is 2. The number of nitrogens with two attached hydrogens (primary N) is 2. The Morgan fingerprint density at radius 2 is 2.21 bits per heavy atom. The molecular formula is C9H11ClN4. The van der Waals surface area contributed by atoms with Gasteiger partial charge in [-0.05, 0) is 18.7 Å². The molecule has 2 aromatic heterocycles. The average Bonchev–Trinajstić information content (AvgIpc) is 2.44. The van der Waals surface area contributed by atoms with Crippen molar-refractivity contribution in [2.24, 2.45) is 5.73 Å². The summed E-state index contributed by atoms with van der Waals surface area (Å²) in [5, 5.41) is 0.494. The fourth-order valence-electron chi connectivity index (χ4n) is 1.43. The Labute approximate surface area is 86.5 Å². The second-order valence-electron chi connectivity index (χ2n) is 3.08. The number of nitrogen functional groups attached to an aromatic ring is 1. The zero-order chi connectivity index (χ0) is 10.1. The van der Waals surface area contributed by atoms with Crippen molar-refractivity contribution in [1.82, 2.24) is 9.38 Å². The molecule has 0 aromatic carbocycles. The van der Waals surface area contributed by atoms with Crippen molar-refractivity contribution in [1.29, 1.82) is 0 Å². The first-order chi connectivity index (χ1) is 6.72. The number of hydrogen-bond donors (Lipinski definition) is 2. The number of hydrogen-bond acceptors (Lipinski definition) is 3. The summed E-state index contributed by atoms with van der Waals surface area (Å²) >= 11 is 5.95. The minimum absolute atomic E-state index is 0.494. The lowest BCUT2D eigenvalue weighted by atomic mass is 10.3. The number of pyridine rings is 1. The van der Waals surface area contributed by atoms with E-state index < -0.39 is 0 Å². The summed E-state index contributed by atoms with van der Waals surface area (Å²) in [6, 6.07) is 3.65. The minimum atomic E-state index is 0.494. The number of anilines is 1. The van der Waals surface area contributed by atoms with Gasteiger partial charge in [0, 0.05) is 18.3 Å². The molecule has 0 aliphatic heterocycles. The summed E-state index contributed by atoms with van der Waals surface area (Å²) in [6.45, 7) is 0.546. The van der Waals surface area contributed by atoms with E-state index in [1.165, 1.54) is 0 Å². The zero-order valence-electron chi connectivity index (χ0n) is 7.57. The third-order valence-corrected chi connectivity index (χ3v) is 2.33. The SMILES string of the molecule is NCCc1nc(Cl)c2ccc(N)cn12. The van der Waals surface area contributed by atoms with Crippen LogP contribution in [0.2, 0.25) is 5.15 Å². The van der Waals surface area contributed by atoms with Crippen LogP contribution in [0.1, 0.15) is 5.82 Å². The molecule has 0 saturated carbocycles. The van der Waals surface area contributed by atoms with Gasteiger partial charge in [-0.1, -0.05) is 11.6 Å². The van der Waals surface area contributed by atoms with Crippen molar-refractivity contribution < 1.29 is 0 Å². The van der Waals surface area contributed by atoms with Gasteiger partial charge in [-0.25, -0.2) is 4.98 Å². The van der Waals surface area contributed by atoms with E-state index in [2.05, 4.69) is 4.98 Å². The van der Waals surface area contributed by atoms with E-state index in [-0.39, 0.29) is 0 Å². The molecule has 5 heteroatoms. The lowest BCUT2D eigenvalue weighted by molar-refractivity contribution is 0.864. The second kappa shape index (κ2) is 3.48. The highest BCUT2D eigenvalue weighted by atomic mass is 35.5. The molecule has 0 amide bonds. The Morgan fingerprint density at radius 3 is 2.93 bits per heavy atom. The molecule has 14 heavy (non-hydrogen) atoms. The van der Waals surface area contributed by atoms with Crippen LogP contribution in [0.25, 0.3) is 5.52 Å². The van der Waals surface area contributed by atoms with Crippen molar-refractivity contribution in [2.45, 2.75) is 6.42 Å². The van der Waals surface area contributed by atoms with Gasteiger partial charge >= 0.3 is 0 Å². The summed E-state index contributed by atoms with van der Waals surface area (Å²) in [5.41, 5.74) is 12.7. The standard InChI is InChI=1S/C9H11ClN4/c10-9-7-2-1-6(12)5-14(7)8(13-9)3-4-11/h1-2,5H,3-4,11-12H2. The molecule has 2 rings (SSSR count). The van der Waals surface area contributed by atoms with Crippen molar-refractivity contribution >= 4 is 22.8 Å². The van der Waals surface area contributed by atoms with Gasteiger partial charge in [0.1, 0.15) is 5.82 Å². The van der Waals surface area contributed by atoms with Crippen LogP contribution in [-0.2, 0) is 6.42 Å². The van der Waals surface area contributed by atoms with Crippen LogP contribution in [0, 0.1) is 0 Å². The highest BCUT2D eigenvalue weighted by molar-refractivity contribution is 6.32. The molecule has 0 unspecified atom stereocenters. The molecule has 0 saturated heterocycles. The van der Waals surface area contributed by atoms with Crippen LogP contribution >= 0.6 is 11.6 Å². The quantitative estimate of drug-likeness (QED) is 0.779. The molecular weight excluding hydrogens is 200 g/mol. The molecule has 74 valence electrons. The number of fused-ring (bicyclic) bond motifs is 1. The highest BCUT2D eigenvalue weighted by Crippen LogP contribution is 2.19. The third-order valence-electron chi connectivity index (χ3n) is 2.06. The number of nitrogens with zero attached hydrogens (tertiary/aromatic N) is 2. The van der Waals surface area contributed by atoms with Crippen LogP contribution in [0.3, 0.4) is 0 Å². The molecule has 0 aliphatic carbocycles. The van der Waals surface area contributed by atoms with Gasteiger partial charge < -0.3 is 15.9 Å². The predicted octanol–water partition coefficient (Wildman–Crippen LogP) is 1.07. The first kappa shape index (κ1) is 9.30. The Morgan fingerprint density at radius 1 is 1.43 bits per heavy atom. The van der Waals surface area contributed by atoms with Gasteiger partial charge in [-0.15, -0.1) is 0 Å². The fourth-order valence-corrected chi connectivity index (χ4v) is 1.68. The summed E-state index contributed by atoms with van der Waals surface area (Å²) in [6.07, 6.45) is 2.50. The maximum atomic E-state index is 5.95. The Kier molecular flexibility index (Phi) is 2.31. The zero-order valence-corrected chi connectivity index (χ0v) is 8.33. The molecule has 4 N–H and O–H groups in total. The highest BCUT2D eigenvalue weighted by Gasteiger charge is 2.07. The normalized spacial score (nSPS) is 11.0. The van der Waals surface area contributed by atoms with Gasteiger partial charge in [-0.3, -0.25) is 0 Å². The summed E-state index contributed by atoms with van der Waals surface area (Å²) in [5.74, 6) is 0.847. The first-order valence-electron chi connectivity index (χ1n) is 4.34. The first-order valence-corrected chi connectivity index (χ1v) is 4.72. The third kappa shape index (κ3) is 1.42. The molecule has 0 bridgehead atoms. The predicted molar refractivity (Wildman–Crippen MR) is 57.4 cm³/mol. The van der Waals surface area contributed by atoms with Gasteiger partial charge in [0.15, 0.2) is 5.15 Å². The van der Waals surface area contributed by atoms with E-state index >= 15 is 0 Å². The Balaban J connectivity index is 2.66. The van der Waals surface area contributed by atoms with E-state index in [1.807, 2.05) is 10.5 Å².